The molecule has 0 saturated carbocycles. The Labute approximate surface area is 91.3 Å². The number of benzene rings is 1. The summed E-state index contributed by atoms with van der Waals surface area (Å²) in [6.45, 7) is 0. The van der Waals surface area contributed by atoms with Crippen LogP contribution in [-0.2, 0) is 0 Å². The molecule has 1 rings (SSSR count). The van der Waals surface area contributed by atoms with Gasteiger partial charge < -0.3 is 15.7 Å². The van der Waals surface area contributed by atoms with Crippen LogP contribution in [0.15, 0.2) is 18.2 Å². The second-order valence-electron chi connectivity index (χ2n) is 3.66. The molecule has 0 aromatic heterocycles. The van der Waals surface area contributed by atoms with Crippen molar-refractivity contribution in [1.29, 1.82) is 0 Å². The van der Waals surface area contributed by atoms with Gasteiger partial charge in [-0.1, -0.05) is 0 Å². The lowest BCUT2D eigenvalue weighted by Crippen LogP contribution is -2.23. The van der Waals surface area contributed by atoms with Crippen molar-refractivity contribution in [1.82, 2.24) is 0 Å². The zero-order valence-electron chi connectivity index (χ0n) is 8.92. The molecular formula is C10H13F3N2O. The van der Waals surface area contributed by atoms with Crippen LogP contribution in [0.1, 0.15) is 11.7 Å². The summed E-state index contributed by atoms with van der Waals surface area (Å²) in [6.07, 6.45) is -7.22. The minimum atomic E-state index is -4.70. The van der Waals surface area contributed by atoms with Crippen LogP contribution in [0.4, 0.5) is 24.5 Å². The Morgan fingerprint density at radius 2 is 1.88 bits per heavy atom. The Morgan fingerprint density at radius 3 is 2.31 bits per heavy atom. The molecule has 0 radical (unpaired) electrons. The van der Waals surface area contributed by atoms with Gasteiger partial charge in [0.05, 0.1) is 0 Å². The van der Waals surface area contributed by atoms with Crippen LogP contribution >= 0.6 is 0 Å². The first-order valence-corrected chi connectivity index (χ1v) is 4.55. The van der Waals surface area contributed by atoms with E-state index in [1.807, 2.05) is 0 Å². The fourth-order valence-electron chi connectivity index (χ4n) is 1.38. The molecule has 0 aliphatic heterocycles. The van der Waals surface area contributed by atoms with Crippen molar-refractivity contribution in [2.45, 2.75) is 12.3 Å². The SMILES string of the molecule is CN(C)c1ccc(N)cc1C(O)C(F)(F)F. The van der Waals surface area contributed by atoms with E-state index in [0.717, 1.165) is 6.07 Å². The zero-order chi connectivity index (χ0) is 12.5. The highest BCUT2D eigenvalue weighted by Crippen LogP contribution is 2.37. The fourth-order valence-corrected chi connectivity index (χ4v) is 1.38. The van der Waals surface area contributed by atoms with E-state index >= 15 is 0 Å². The first-order chi connectivity index (χ1) is 7.23. The lowest BCUT2D eigenvalue weighted by atomic mass is 10.1. The highest BCUT2D eigenvalue weighted by Gasteiger charge is 2.40. The molecule has 90 valence electrons. The van der Waals surface area contributed by atoms with E-state index in [0.29, 0.717) is 5.69 Å². The van der Waals surface area contributed by atoms with Gasteiger partial charge in [-0.05, 0) is 18.2 Å². The van der Waals surface area contributed by atoms with Gasteiger partial charge in [-0.15, -0.1) is 0 Å². The molecule has 0 aliphatic rings. The maximum Gasteiger partial charge on any atom is 0.418 e. The van der Waals surface area contributed by atoms with Gasteiger partial charge in [0.1, 0.15) is 0 Å². The summed E-state index contributed by atoms with van der Waals surface area (Å²) < 4.78 is 37.2. The lowest BCUT2D eigenvalue weighted by molar-refractivity contribution is -0.206. The standard InChI is InChI=1S/C10H13F3N2O/c1-15(2)8-4-3-6(14)5-7(8)9(16)10(11,12)13/h3-5,9,16H,14H2,1-2H3. The van der Waals surface area contributed by atoms with Gasteiger partial charge in [-0.2, -0.15) is 13.2 Å². The Kier molecular flexibility index (Phi) is 3.32. The minimum Gasteiger partial charge on any atom is -0.399 e. The van der Waals surface area contributed by atoms with Gasteiger partial charge in [0.25, 0.3) is 0 Å². The Hall–Kier alpha value is -1.43. The zero-order valence-corrected chi connectivity index (χ0v) is 8.92. The molecule has 16 heavy (non-hydrogen) atoms. The van der Waals surface area contributed by atoms with Gasteiger partial charge in [0, 0.05) is 31.0 Å². The van der Waals surface area contributed by atoms with Gasteiger partial charge in [0.2, 0.25) is 0 Å². The van der Waals surface area contributed by atoms with Crippen LogP contribution in [0.25, 0.3) is 0 Å². The number of hydrogen-bond donors (Lipinski definition) is 2. The van der Waals surface area contributed by atoms with E-state index in [4.69, 9.17) is 5.73 Å². The molecule has 0 amide bonds. The van der Waals surface area contributed by atoms with Crippen molar-refractivity contribution in [3.05, 3.63) is 23.8 Å². The van der Waals surface area contributed by atoms with Crippen molar-refractivity contribution in [2.24, 2.45) is 0 Å². The van der Waals surface area contributed by atoms with Gasteiger partial charge in [-0.3, -0.25) is 0 Å². The van der Waals surface area contributed by atoms with Crippen LogP contribution < -0.4 is 10.6 Å². The van der Waals surface area contributed by atoms with E-state index in [9.17, 15) is 18.3 Å². The highest BCUT2D eigenvalue weighted by molar-refractivity contribution is 5.60. The van der Waals surface area contributed by atoms with E-state index in [1.165, 1.54) is 17.0 Å². The maximum atomic E-state index is 12.4. The van der Waals surface area contributed by atoms with Crippen molar-refractivity contribution < 1.29 is 18.3 Å². The van der Waals surface area contributed by atoms with Crippen molar-refractivity contribution in [3.63, 3.8) is 0 Å². The van der Waals surface area contributed by atoms with Crippen LogP contribution in [0.2, 0.25) is 0 Å². The van der Waals surface area contributed by atoms with E-state index in [-0.39, 0.29) is 11.3 Å². The molecule has 0 aliphatic carbocycles. The van der Waals surface area contributed by atoms with Crippen LogP contribution in [-0.4, -0.2) is 25.4 Å². The molecule has 1 unspecified atom stereocenters. The minimum absolute atomic E-state index is 0.184. The van der Waals surface area contributed by atoms with Crippen molar-refractivity contribution in [3.8, 4) is 0 Å². The average Bonchev–Trinajstić information content (AvgIpc) is 2.14. The second kappa shape index (κ2) is 4.21. The summed E-state index contributed by atoms with van der Waals surface area (Å²) in [6, 6.07) is 4.06. The number of alkyl halides is 3. The fraction of sp³-hybridized carbons (Fsp3) is 0.400. The topological polar surface area (TPSA) is 49.5 Å². The third-order valence-corrected chi connectivity index (χ3v) is 2.14. The van der Waals surface area contributed by atoms with Crippen LogP contribution in [0.3, 0.4) is 0 Å². The first-order valence-electron chi connectivity index (χ1n) is 4.55. The quantitative estimate of drug-likeness (QED) is 0.769. The number of nitrogens with two attached hydrogens (primary N) is 1. The van der Waals surface area contributed by atoms with E-state index in [2.05, 4.69) is 0 Å². The molecule has 3 N–H and O–H groups in total. The Balaban J connectivity index is 3.25. The summed E-state index contributed by atoms with van der Waals surface area (Å²) in [5.41, 5.74) is 5.65. The average molecular weight is 234 g/mol. The molecule has 0 spiro atoms. The third kappa shape index (κ3) is 2.57. The molecule has 1 aromatic rings. The van der Waals surface area contributed by atoms with Gasteiger partial charge in [0.15, 0.2) is 6.10 Å². The number of nitrogen functional groups attached to an aromatic ring is 1. The molecule has 0 heterocycles. The number of aliphatic hydroxyl groups is 1. The molecule has 0 saturated heterocycles. The van der Waals surface area contributed by atoms with Crippen molar-refractivity contribution in [2.75, 3.05) is 24.7 Å². The van der Waals surface area contributed by atoms with Crippen molar-refractivity contribution >= 4 is 11.4 Å². The first kappa shape index (κ1) is 12.6. The maximum absolute atomic E-state index is 12.4. The summed E-state index contributed by atoms with van der Waals surface area (Å²) in [5, 5.41) is 9.20. The largest absolute Gasteiger partial charge is 0.418 e. The Bertz CT molecular complexity index is 377. The van der Waals surface area contributed by atoms with Crippen LogP contribution in [0.5, 0.6) is 0 Å². The number of rotatable bonds is 2. The number of anilines is 2. The molecule has 1 aromatic carbocycles. The number of halogens is 3. The molecule has 6 heteroatoms. The summed E-state index contributed by atoms with van der Waals surface area (Å²) in [7, 11) is 3.19. The van der Waals surface area contributed by atoms with Crippen LogP contribution in [0, 0.1) is 0 Å². The predicted octanol–water partition coefficient (Wildman–Crippen LogP) is 1.93. The van der Waals surface area contributed by atoms with E-state index < -0.39 is 12.3 Å². The second-order valence-corrected chi connectivity index (χ2v) is 3.66. The van der Waals surface area contributed by atoms with Gasteiger partial charge in [-0.25, -0.2) is 0 Å². The third-order valence-electron chi connectivity index (χ3n) is 2.14. The Morgan fingerprint density at radius 1 is 1.31 bits per heavy atom. The summed E-state index contributed by atoms with van der Waals surface area (Å²) in [5.74, 6) is 0. The highest BCUT2D eigenvalue weighted by atomic mass is 19.4. The summed E-state index contributed by atoms with van der Waals surface area (Å²) in [4.78, 5) is 1.49. The van der Waals surface area contributed by atoms with Gasteiger partial charge >= 0.3 is 6.18 Å². The smallest absolute Gasteiger partial charge is 0.399 e. The normalized spacial score (nSPS) is 13.6. The van der Waals surface area contributed by atoms with E-state index in [1.54, 1.807) is 14.1 Å². The number of hydrogen-bond acceptors (Lipinski definition) is 3. The number of aliphatic hydroxyl groups excluding tert-OH is 1. The molecule has 1 atom stereocenters. The monoisotopic (exact) mass is 234 g/mol. The predicted molar refractivity (Wildman–Crippen MR) is 56.2 cm³/mol. The summed E-state index contributed by atoms with van der Waals surface area (Å²) >= 11 is 0. The lowest BCUT2D eigenvalue weighted by Gasteiger charge is -2.22. The molecule has 3 nitrogen and oxygen atoms in total. The molecular weight excluding hydrogens is 221 g/mol. The molecule has 0 bridgehead atoms. The molecule has 0 fully saturated rings. The number of nitrogens with zero attached hydrogens (tertiary/aromatic N) is 1.